The van der Waals surface area contributed by atoms with Gasteiger partial charge in [-0.1, -0.05) is 11.6 Å². The van der Waals surface area contributed by atoms with Crippen LogP contribution in [-0.2, 0) is 4.79 Å². The number of pyridine rings is 1. The standard InChI is InChI=1S/C23H24ClF3N4O3/c24-18-7-6-17(11-19(18)25)34-13-21(32)29-15-2-4-16(5-3-15)30-9-10-31(23(30)33)20-8-1-14(12-28-20)22(26)27/h1,6-8,11-12,15-16,22H,2-5,9-10,13H2,(H,29,32). The van der Waals surface area contributed by atoms with Gasteiger partial charge in [-0.25, -0.2) is 22.9 Å². The number of hydrogen-bond acceptors (Lipinski definition) is 4. The molecule has 1 aliphatic heterocycles. The zero-order valence-corrected chi connectivity index (χ0v) is 19.0. The van der Waals surface area contributed by atoms with Gasteiger partial charge in [-0.15, -0.1) is 0 Å². The number of rotatable bonds is 7. The Hall–Kier alpha value is -3.01. The number of ether oxygens (including phenoxy) is 1. The van der Waals surface area contributed by atoms with Crippen LogP contribution >= 0.6 is 11.6 Å². The van der Waals surface area contributed by atoms with Crippen molar-refractivity contribution in [2.45, 2.75) is 44.2 Å². The molecule has 1 saturated heterocycles. The Morgan fingerprint density at radius 1 is 1.18 bits per heavy atom. The number of anilines is 1. The van der Waals surface area contributed by atoms with Gasteiger partial charge in [0.25, 0.3) is 12.3 Å². The van der Waals surface area contributed by atoms with E-state index in [1.165, 1.54) is 29.2 Å². The van der Waals surface area contributed by atoms with Crippen molar-refractivity contribution in [1.82, 2.24) is 15.2 Å². The molecule has 0 bridgehead atoms. The van der Waals surface area contributed by atoms with Gasteiger partial charge in [-0.05, 0) is 49.9 Å². The number of amides is 3. The second-order valence-corrected chi connectivity index (χ2v) is 8.72. The highest BCUT2D eigenvalue weighted by molar-refractivity contribution is 6.30. The highest BCUT2D eigenvalue weighted by Crippen LogP contribution is 2.29. The molecule has 2 heterocycles. The van der Waals surface area contributed by atoms with Crippen LogP contribution in [0.25, 0.3) is 0 Å². The molecule has 4 rings (SSSR count). The highest BCUT2D eigenvalue weighted by atomic mass is 35.5. The van der Waals surface area contributed by atoms with E-state index in [2.05, 4.69) is 10.3 Å². The number of nitrogens with zero attached hydrogens (tertiary/aromatic N) is 3. The number of carbonyl (C=O) groups excluding carboxylic acids is 2. The average molecular weight is 497 g/mol. The van der Waals surface area contributed by atoms with Crippen LogP contribution in [0.4, 0.5) is 23.8 Å². The van der Waals surface area contributed by atoms with Crippen LogP contribution in [0.1, 0.15) is 37.7 Å². The topological polar surface area (TPSA) is 74.8 Å². The lowest BCUT2D eigenvalue weighted by molar-refractivity contribution is -0.124. The Bertz CT molecular complexity index is 1030. The number of benzene rings is 1. The van der Waals surface area contributed by atoms with E-state index >= 15 is 0 Å². The molecular formula is C23H24ClF3N4O3. The maximum Gasteiger partial charge on any atom is 0.326 e. The second kappa shape index (κ2) is 10.5. The van der Waals surface area contributed by atoms with Crippen LogP contribution < -0.4 is 15.0 Å². The molecule has 2 aromatic rings. The van der Waals surface area contributed by atoms with Crippen molar-refractivity contribution >= 4 is 29.4 Å². The Labute approximate surface area is 199 Å². The highest BCUT2D eigenvalue weighted by Gasteiger charge is 2.37. The Morgan fingerprint density at radius 2 is 1.94 bits per heavy atom. The minimum Gasteiger partial charge on any atom is -0.484 e. The Balaban J connectivity index is 1.23. The predicted molar refractivity (Wildman–Crippen MR) is 120 cm³/mol. The third-order valence-corrected chi connectivity index (χ3v) is 6.41. The molecule has 1 aromatic heterocycles. The second-order valence-electron chi connectivity index (χ2n) is 8.32. The summed E-state index contributed by atoms with van der Waals surface area (Å²) in [4.78, 5) is 32.4. The third-order valence-electron chi connectivity index (χ3n) is 6.10. The molecule has 11 heteroatoms. The van der Waals surface area contributed by atoms with Gasteiger partial charge in [0.05, 0.1) is 5.02 Å². The van der Waals surface area contributed by atoms with Crippen molar-refractivity contribution in [3.8, 4) is 5.75 Å². The zero-order chi connectivity index (χ0) is 24.2. The van der Waals surface area contributed by atoms with E-state index in [0.717, 1.165) is 25.1 Å². The number of urea groups is 1. The van der Waals surface area contributed by atoms with Crippen molar-refractivity contribution in [3.63, 3.8) is 0 Å². The number of aromatic nitrogens is 1. The molecule has 2 fully saturated rings. The van der Waals surface area contributed by atoms with Crippen molar-refractivity contribution in [1.29, 1.82) is 0 Å². The normalized spacial score (nSPS) is 20.7. The summed E-state index contributed by atoms with van der Waals surface area (Å²) >= 11 is 5.63. The lowest BCUT2D eigenvalue weighted by Gasteiger charge is -2.34. The fourth-order valence-electron chi connectivity index (χ4n) is 4.31. The first kappa shape index (κ1) is 24.1. The van der Waals surface area contributed by atoms with Gasteiger partial charge < -0.3 is 15.0 Å². The number of carbonyl (C=O) groups is 2. The molecule has 0 atom stereocenters. The molecule has 3 amide bonds. The Morgan fingerprint density at radius 3 is 2.59 bits per heavy atom. The number of nitrogens with one attached hydrogen (secondary N) is 1. The smallest absolute Gasteiger partial charge is 0.326 e. The summed E-state index contributed by atoms with van der Waals surface area (Å²) in [6.07, 6.45) is 1.36. The maximum atomic E-state index is 13.5. The molecule has 182 valence electrons. The number of hydrogen-bond donors (Lipinski definition) is 1. The summed E-state index contributed by atoms with van der Waals surface area (Å²) in [7, 11) is 0. The first-order valence-electron chi connectivity index (χ1n) is 11.0. The van der Waals surface area contributed by atoms with Crippen molar-refractivity contribution in [3.05, 3.63) is 52.9 Å². The van der Waals surface area contributed by atoms with Crippen LogP contribution in [-0.4, -0.2) is 53.6 Å². The molecule has 1 aliphatic carbocycles. The summed E-state index contributed by atoms with van der Waals surface area (Å²) in [5.74, 6) is -0.343. The summed E-state index contributed by atoms with van der Waals surface area (Å²) in [6.45, 7) is 0.737. The van der Waals surface area contributed by atoms with E-state index in [4.69, 9.17) is 16.3 Å². The van der Waals surface area contributed by atoms with E-state index in [1.54, 1.807) is 4.90 Å². The Kier molecular flexibility index (Phi) is 7.45. The van der Waals surface area contributed by atoms with Crippen molar-refractivity contribution in [2.24, 2.45) is 0 Å². The van der Waals surface area contributed by atoms with E-state index in [-0.39, 0.29) is 47.0 Å². The van der Waals surface area contributed by atoms with Gasteiger partial charge >= 0.3 is 6.03 Å². The van der Waals surface area contributed by atoms with Gasteiger partial charge in [0.2, 0.25) is 0 Å². The molecule has 1 aromatic carbocycles. The monoisotopic (exact) mass is 496 g/mol. The van der Waals surface area contributed by atoms with Crippen LogP contribution in [0.3, 0.4) is 0 Å². The van der Waals surface area contributed by atoms with Crippen molar-refractivity contribution < 1.29 is 27.5 Å². The van der Waals surface area contributed by atoms with Gasteiger partial charge in [-0.3, -0.25) is 9.69 Å². The lowest BCUT2D eigenvalue weighted by atomic mass is 9.90. The van der Waals surface area contributed by atoms with E-state index < -0.39 is 12.2 Å². The molecule has 2 aliphatic rings. The molecule has 0 radical (unpaired) electrons. The largest absolute Gasteiger partial charge is 0.484 e. The SMILES string of the molecule is O=C(COc1ccc(Cl)c(F)c1)NC1CCC(N2CCN(c3ccc(C(F)F)cn3)C2=O)CC1. The summed E-state index contributed by atoms with van der Waals surface area (Å²) in [5, 5.41) is 2.90. The molecule has 0 spiro atoms. The van der Waals surface area contributed by atoms with Gasteiger partial charge in [-0.2, -0.15) is 0 Å². The van der Waals surface area contributed by atoms with E-state index in [1.807, 2.05) is 0 Å². The zero-order valence-electron chi connectivity index (χ0n) is 18.2. The number of halogens is 4. The van der Waals surface area contributed by atoms with E-state index in [0.29, 0.717) is 31.7 Å². The summed E-state index contributed by atoms with van der Waals surface area (Å²) in [6, 6.07) is 6.52. The third kappa shape index (κ3) is 5.55. The predicted octanol–water partition coefficient (Wildman–Crippen LogP) is 4.56. The summed E-state index contributed by atoms with van der Waals surface area (Å²) < 4.78 is 44.3. The minimum absolute atomic E-state index is 0.0194. The fraction of sp³-hybridized carbons (Fsp3) is 0.435. The molecule has 1 saturated carbocycles. The first-order chi connectivity index (χ1) is 16.3. The maximum absolute atomic E-state index is 13.5. The van der Waals surface area contributed by atoms with Crippen LogP contribution in [0.5, 0.6) is 5.75 Å². The number of alkyl halides is 2. The lowest BCUT2D eigenvalue weighted by Crippen LogP contribution is -2.46. The van der Waals surface area contributed by atoms with Crippen molar-refractivity contribution in [2.75, 3.05) is 24.6 Å². The fourth-order valence-corrected chi connectivity index (χ4v) is 4.43. The van der Waals surface area contributed by atoms with Crippen LogP contribution in [0.2, 0.25) is 5.02 Å². The van der Waals surface area contributed by atoms with Gasteiger partial charge in [0.15, 0.2) is 6.61 Å². The average Bonchev–Trinajstić information content (AvgIpc) is 3.21. The molecule has 0 unspecified atom stereocenters. The molecule has 7 nitrogen and oxygen atoms in total. The van der Waals surface area contributed by atoms with Gasteiger partial charge in [0.1, 0.15) is 17.4 Å². The quantitative estimate of drug-likeness (QED) is 0.610. The summed E-state index contributed by atoms with van der Waals surface area (Å²) in [5.41, 5.74) is -0.182. The van der Waals surface area contributed by atoms with Gasteiger partial charge in [0, 0.05) is 43.0 Å². The first-order valence-corrected chi connectivity index (χ1v) is 11.4. The van der Waals surface area contributed by atoms with Crippen LogP contribution in [0, 0.1) is 5.82 Å². The van der Waals surface area contributed by atoms with E-state index in [9.17, 15) is 22.8 Å². The molecule has 34 heavy (non-hydrogen) atoms. The molecule has 1 N–H and O–H groups in total. The van der Waals surface area contributed by atoms with Crippen LogP contribution in [0.15, 0.2) is 36.5 Å². The molecular weight excluding hydrogens is 473 g/mol. The minimum atomic E-state index is -2.60.